The fourth-order valence-corrected chi connectivity index (χ4v) is 3.13. The first-order valence-corrected chi connectivity index (χ1v) is 7.16. The van der Waals surface area contributed by atoms with Crippen molar-refractivity contribution in [1.82, 2.24) is 14.0 Å². The van der Waals surface area contributed by atoms with Crippen molar-refractivity contribution in [2.45, 2.75) is 31.8 Å². The number of fused-ring (bicyclic) bond motifs is 2. The number of nitrogens with zero attached hydrogens (tertiary/aromatic N) is 3. The summed E-state index contributed by atoms with van der Waals surface area (Å²) in [7, 11) is 0. The summed E-state index contributed by atoms with van der Waals surface area (Å²) < 4.78 is 4.28. The zero-order valence-corrected chi connectivity index (χ0v) is 11.4. The summed E-state index contributed by atoms with van der Waals surface area (Å²) in [5, 5.41) is 0. The Kier molecular flexibility index (Phi) is 2.63. The summed E-state index contributed by atoms with van der Waals surface area (Å²) in [4.78, 5) is 4.64. The number of imidazole rings is 1. The molecule has 4 rings (SSSR count). The van der Waals surface area contributed by atoms with Crippen molar-refractivity contribution in [2.24, 2.45) is 5.73 Å². The molecule has 0 spiro atoms. The van der Waals surface area contributed by atoms with Gasteiger partial charge in [0, 0.05) is 30.8 Å². The maximum Gasteiger partial charge on any atom is 0.137 e. The molecule has 20 heavy (non-hydrogen) atoms. The maximum atomic E-state index is 6.18. The monoisotopic (exact) mass is 266 g/mol. The molecule has 0 amide bonds. The summed E-state index contributed by atoms with van der Waals surface area (Å²) >= 11 is 0. The highest BCUT2D eigenvalue weighted by molar-refractivity contribution is 5.39. The largest absolute Gasteiger partial charge is 0.348 e. The lowest BCUT2D eigenvalue weighted by molar-refractivity contribution is 0.573. The van der Waals surface area contributed by atoms with E-state index in [1.54, 1.807) is 0 Å². The molecule has 4 heteroatoms. The first-order valence-electron chi connectivity index (χ1n) is 7.16. The van der Waals surface area contributed by atoms with Crippen LogP contribution < -0.4 is 5.73 Å². The van der Waals surface area contributed by atoms with Crippen LogP contribution in [0.15, 0.2) is 43.0 Å². The van der Waals surface area contributed by atoms with Crippen molar-refractivity contribution < 1.29 is 0 Å². The third kappa shape index (κ3) is 1.93. The second kappa shape index (κ2) is 4.49. The number of nitrogens with two attached hydrogens (primary N) is 1. The average molecular weight is 266 g/mol. The number of hydrogen-bond acceptors (Lipinski definition) is 2. The quantitative estimate of drug-likeness (QED) is 0.774. The Morgan fingerprint density at radius 3 is 3.05 bits per heavy atom. The Bertz CT molecular complexity index is 720. The maximum absolute atomic E-state index is 6.18. The molecule has 1 aliphatic carbocycles. The molecule has 0 aromatic carbocycles. The summed E-state index contributed by atoms with van der Waals surface area (Å²) in [6, 6.07) is 6.27. The number of aryl methyl sites for hydroxylation is 1. The highest BCUT2D eigenvalue weighted by Crippen LogP contribution is 2.28. The van der Waals surface area contributed by atoms with Crippen LogP contribution in [0, 0.1) is 0 Å². The smallest absolute Gasteiger partial charge is 0.137 e. The molecule has 1 atom stereocenters. The van der Waals surface area contributed by atoms with Crippen LogP contribution in [0.3, 0.4) is 0 Å². The van der Waals surface area contributed by atoms with E-state index in [1.165, 1.54) is 17.5 Å². The van der Waals surface area contributed by atoms with Gasteiger partial charge in [-0.3, -0.25) is 0 Å². The van der Waals surface area contributed by atoms with E-state index < -0.39 is 0 Å². The summed E-state index contributed by atoms with van der Waals surface area (Å²) in [5.74, 6) is 0. The topological polar surface area (TPSA) is 48.2 Å². The van der Waals surface area contributed by atoms with Crippen molar-refractivity contribution in [3.05, 3.63) is 59.8 Å². The van der Waals surface area contributed by atoms with Crippen LogP contribution in [-0.4, -0.2) is 14.0 Å². The van der Waals surface area contributed by atoms with E-state index in [4.69, 9.17) is 5.73 Å². The van der Waals surface area contributed by atoms with Gasteiger partial charge < -0.3 is 14.7 Å². The van der Waals surface area contributed by atoms with E-state index in [-0.39, 0.29) is 6.04 Å². The zero-order chi connectivity index (χ0) is 13.5. The zero-order valence-electron chi connectivity index (χ0n) is 11.4. The van der Waals surface area contributed by atoms with Crippen LogP contribution in [-0.2, 0) is 13.0 Å². The van der Waals surface area contributed by atoms with Crippen molar-refractivity contribution >= 4 is 5.65 Å². The first kappa shape index (κ1) is 11.7. The molecule has 0 saturated carbocycles. The normalized spacial score (nSPS) is 18.4. The van der Waals surface area contributed by atoms with Gasteiger partial charge in [-0.15, -0.1) is 0 Å². The van der Waals surface area contributed by atoms with Gasteiger partial charge in [0.25, 0.3) is 0 Å². The van der Waals surface area contributed by atoms with E-state index in [0.717, 1.165) is 30.7 Å². The van der Waals surface area contributed by atoms with E-state index >= 15 is 0 Å². The number of rotatable bonds is 2. The SMILES string of the molecule is NC1CCCc2cn(Cc3cn4ccccc4n3)cc21. The molecule has 102 valence electrons. The van der Waals surface area contributed by atoms with Gasteiger partial charge in [0.2, 0.25) is 0 Å². The predicted octanol–water partition coefficient (Wildman–Crippen LogP) is 2.52. The van der Waals surface area contributed by atoms with Crippen LogP contribution >= 0.6 is 0 Å². The molecule has 0 saturated heterocycles. The molecule has 0 aliphatic heterocycles. The number of pyridine rings is 1. The molecule has 3 heterocycles. The second-order valence-corrected chi connectivity index (χ2v) is 5.61. The molecule has 0 fully saturated rings. The first-order chi connectivity index (χ1) is 9.79. The van der Waals surface area contributed by atoms with Crippen LogP contribution in [0.4, 0.5) is 0 Å². The van der Waals surface area contributed by atoms with Gasteiger partial charge in [-0.1, -0.05) is 6.07 Å². The molecular formula is C16H18N4. The minimum atomic E-state index is 0.209. The minimum Gasteiger partial charge on any atom is -0.348 e. The molecule has 3 aromatic rings. The Morgan fingerprint density at radius 1 is 1.25 bits per heavy atom. The minimum absolute atomic E-state index is 0.209. The molecule has 1 aliphatic rings. The van der Waals surface area contributed by atoms with E-state index in [0.29, 0.717) is 0 Å². The van der Waals surface area contributed by atoms with Gasteiger partial charge in [0.1, 0.15) is 5.65 Å². The lowest BCUT2D eigenvalue weighted by atomic mass is 9.92. The lowest BCUT2D eigenvalue weighted by Gasteiger charge is -2.17. The Hall–Kier alpha value is -2.07. The third-order valence-corrected chi connectivity index (χ3v) is 4.12. The second-order valence-electron chi connectivity index (χ2n) is 5.61. The van der Waals surface area contributed by atoms with Crippen LogP contribution in [0.1, 0.15) is 35.7 Å². The highest BCUT2D eigenvalue weighted by Gasteiger charge is 2.18. The average Bonchev–Trinajstić information content (AvgIpc) is 3.02. The van der Waals surface area contributed by atoms with Crippen LogP contribution in [0.2, 0.25) is 0 Å². The van der Waals surface area contributed by atoms with E-state index in [9.17, 15) is 0 Å². The Balaban J connectivity index is 1.65. The predicted molar refractivity (Wildman–Crippen MR) is 78.6 cm³/mol. The molecule has 0 radical (unpaired) electrons. The molecular weight excluding hydrogens is 248 g/mol. The van der Waals surface area contributed by atoms with Gasteiger partial charge in [-0.25, -0.2) is 4.98 Å². The Morgan fingerprint density at radius 2 is 2.20 bits per heavy atom. The van der Waals surface area contributed by atoms with E-state index in [1.807, 2.05) is 24.4 Å². The fraction of sp³-hybridized carbons (Fsp3) is 0.312. The summed E-state index contributed by atoms with van der Waals surface area (Å²) in [5.41, 5.74) is 11.0. The van der Waals surface area contributed by atoms with Gasteiger partial charge in [0.15, 0.2) is 0 Å². The summed E-state index contributed by atoms with van der Waals surface area (Å²) in [6.07, 6.45) is 12.0. The molecule has 1 unspecified atom stereocenters. The van der Waals surface area contributed by atoms with Gasteiger partial charge >= 0.3 is 0 Å². The van der Waals surface area contributed by atoms with Crippen molar-refractivity contribution in [1.29, 1.82) is 0 Å². The standard InChI is InChI=1S/C16H18N4/c17-15-5-3-4-12-8-19(11-14(12)15)9-13-10-20-7-2-1-6-16(20)18-13/h1-2,6-8,10-11,15H,3-5,9,17H2. The molecule has 3 aromatic heterocycles. The van der Waals surface area contributed by atoms with Gasteiger partial charge in [0.05, 0.1) is 12.2 Å². The van der Waals surface area contributed by atoms with Gasteiger partial charge in [-0.05, 0) is 42.5 Å². The molecule has 4 nitrogen and oxygen atoms in total. The Labute approximate surface area is 117 Å². The molecule has 2 N–H and O–H groups in total. The fourth-order valence-electron chi connectivity index (χ4n) is 3.13. The number of hydrogen-bond donors (Lipinski definition) is 1. The van der Waals surface area contributed by atoms with Crippen LogP contribution in [0.25, 0.3) is 5.65 Å². The van der Waals surface area contributed by atoms with Crippen molar-refractivity contribution in [3.8, 4) is 0 Å². The third-order valence-electron chi connectivity index (χ3n) is 4.12. The number of aromatic nitrogens is 3. The highest BCUT2D eigenvalue weighted by atomic mass is 15.0. The summed E-state index contributed by atoms with van der Waals surface area (Å²) in [6.45, 7) is 0.807. The molecule has 0 bridgehead atoms. The van der Waals surface area contributed by atoms with Crippen LogP contribution in [0.5, 0.6) is 0 Å². The van der Waals surface area contributed by atoms with E-state index in [2.05, 4.69) is 32.5 Å². The van der Waals surface area contributed by atoms with Gasteiger partial charge in [-0.2, -0.15) is 0 Å². The lowest BCUT2D eigenvalue weighted by Crippen LogP contribution is -2.15. The van der Waals surface area contributed by atoms with Crippen molar-refractivity contribution in [2.75, 3.05) is 0 Å². The van der Waals surface area contributed by atoms with Crippen molar-refractivity contribution in [3.63, 3.8) is 0 Å².